The molecule has 0 bridgehead atoms. The van der Waals surface area contributed by atoms with Crippen LogP contribution in [-0.2, 0) is 9.59 Å². The summed E-state index contributed by atoms with van der Waals surface area (Å²) in [5, 5.41) is 21.1. The number of carbonyl (C=O) groups excluding carboxylic acids is 2. The number of carbonyl (C=O) groups is 2. The molecule has 1 aromatic heterocycles. The second kappa shape index (κ2) is 8.07. The third-order valence-corrected chi connectivity index (χ3v) is 6.51. The highest BCUT2D eigenvalue weighted by atomic mass is 32.1. The van der Waals surface area contributed by atoms with Crippen molar-refractivity contribution in [1.29, 1.82) is 0 Å². The molecular formula is C25H18N2O5S. The summed E-state index contributed by atoms with van der Waals surface area (Å²) in [4.78, 5) is 32.3. The number of aliphatic hydroxyl groups excluding tert-OH is 1. The Labute approximate surface area is 192 Å². The number of anilines is 1. The number of fused-ring (bicyclic) bond motifs is 1. The number of hydrogen-bond donors (Lipinski definition) is 2. The Bertz CT molecular complexity index is 1410. The van der Waals surface area contributed by atoms with Crippen molar-refractivity contribution in [3.05, 3.63) is 89.5 Å². The molecule has 1 aliphatic heterocycles. The normalized spacial score (nSPS) is 17.6. The number of benzene rings is 3. The van der Waals surface area contributed by atoms with Crippen LogP contribution < -0.4 is 9.64 Å². The number of aliphatic hydroxyl groups is 1. The summed E-state index contributed by atoms with van der Waals surface area (Å²) < 4.78 is 6.06. The standard InChI is InChI=1S/C25H18N2O5S/c1-32-17-11-12-18-19(13-17)33-25(26-18)27-21(14-7-9-16(28)10-8-14)20(23(30)24(27)31)22(29)15-5-3-2-4-6-15/h2-13,21,28-29H,1H3/b22-20+. The van der Waals surface area contributed by atoms with Gasteiger partial charge in [-0.3, -0.25) is 14.5 Å². The van der Waals surface area contributed by atoms with Gasteiger partial charge < -0.3 is 14.9 Å². The zero-order valence-corrected chi connectivity index (χ0v) is 18.2. The number of hydrogen-bond acceptors (Lipinski definition) is 7. The van der Waals surface area contributed by atoms with Crippen LogP contribution in [0, 0.1) is 0 Å². The fourth-order valence-electron chi connectivity index (χ4n) is 3.88. The summed E-state index contributed by atoms with van der Waals surface area (Å²) in [6.45, 7) is 0. The summed E-state index contributed by atoms with van der Waals surface area (Å²) in [7, 11) is 1.57. The zero-order valence-electron chi connectivity index (χ0n) is 17.4. The van der Waals surface area contributed by atoms with E-state index < -0.39 is 17.7 Å². The largest absolute Gasteiger partial charge is 0.508 e. The molecule has 1 saturated heterocycles. The summed E-state index contributed by atoms with van der Waals surface area (Å²) >= 11 is 1.25. The lowest BCUT2D eigenvalue weighted by Gasteiger charge is -2.23. The molecule has 3 aromatic carbocycles. The number of methoxy groups -OCH3 is 1. The predicted molar refractivity (Wildman–Crippen MR) is 126 cm³/mol. The van der Waals surface area contributed by atoms with Gasteiger partial charge in [0.2, 0.25) is 0 Å². The van der Waals surface area contributed by atoms with Crippen molar-refractivity contribution in [2.75, 3.05) is 12.0 Å². The third-order valence-electron chi connectivity index (χ3n) is 5.49. The molecule has 1 unspecified atom stereocenters. The Morgan fingerprint density at radius 3 is 2.45 bits per heavy atom. The summed E-state index contributed by atoms with van der Waals surface area (Å²) in [6, 6.07) is 19.2. The van der Waals surface area contributed by atoms with E-state index in [2.05, 4.69) is 4.98 Å². The zero-order chi connectivity index (χ0) is 23.1. The van der Waals surface area contributed by atoms with E-state index in [0.717, 1.165) is 4.70 Å². The lowest BCUT2D eigenvalue weighted by molar-refractivity contribution is -0.132. The van der Waals surface area contributed by atoms with E-state index in [9.17, 15) is 19.8 Å². The van der Waals surface area contributed by atoms with Crippen LogP contribution in [0.25, 0.3) is 16.0 Å². The molecule has 4 aromatic rings. The molecule has 2 N–H and O–H groups in total. The van der Waals surface area contributed by atoms with Gasteiger partial charge in [0.05, 0.1) is 28.9 Å². The number of aromatic nitrogens is 1. The SMILES string of the molecule is COc1ccc2nc(N3C(=O)C(=O)/C(=C(/O)c4ccccc4)C3c3ccc(O)cc3)sc2c1. The van der Waals surface area contributed by atoms with Crippen molar-refractivity contribution in [2.45, 2.75) is 6.04 Å². The number of aromatic hydroxyl groups is 1. The van der Waals surface area contributed by atoms with Crippen molar-refractivity contribution in [2.24, 2.45) is 0 Å². The second-order valence-corrected chi connectivity index (χ2v) is 8.47. The molecule has 0 radical (unpaired) electrons. The van der Waals surface area contributed by atoms with Crippen LogP contribution in [0.3, 0.4) is 0 Å². The van der Waals surface area contributed by atoms with Gasteiger partial charge in [-0.1, -0.05) is 53.8 Å². The Balaban J connectivity index is 1.72. The van der Waals surface area contributed by atoms with Gasteiger partial charge >= 0.3 is 5.91 Å². The van der Waals surface area contributed by atoms with Gasteiger partial charge in [0.1, 0.15) is 17.3 Å². The van der Waals surface area contributed by atoms with Gasteiger partial charge in [-0.05, 0) is 35.9 Å². The van der Waals surface area contributed by atoms with Gasteiger partial charge in [0, 0.05) is 5.56 Å². The molecular weight excluding hydrogens is 440 g/mol. The summed E-state index contributed by atoms with van der Waals surface area (Å²) in [6.07, 6.45) is 0. The van der Waals surface area contributed by atoms with E-state index in [1.165, 1.54) is 28.4 Å². The fourth-order valence-corrected chi connectivity index (χ4v) is 4.90. The number of nitrogens with zero attached hydrogens (tertiary/aromatic N) is 2. The van der Waals surface area contributed by atoms with Gasteiger partial charge in [-0.15, -0.1) is 0 Å². The number of thiazole rings is 1. The van der Waals surface area contributed by atoms with Crippen LogP contribution in [-0.4, -0.2) is 34.0 Å². The van der Waals surface area contributed by atoms with E-state index in [1.54, 1.807) is 61.7 Å². The van der Waals surface area contributed by atoms with E-state index >= 15 is 0 Å². The minimum Gasteiger partial charge on any atom is -0.508 e. The highest BCUT2D eigenvalue weighted by molar-refractivity contribution is 7.22. The number of ether oxygens (including phenoxy) is 1. The van der Waals surface area contributed by atoms with Gasteiger partial charge in [0.15, 0.2) is 5.13 Å². The predicted octanol–water partition coefficient (Wildman–Crippen LogP) is 4.64. The molecule has 0 saturated carbocycles. The minimum atomic E-state index is -0.909. The maximum atomic E-state index is 13.2. The van der Waals surface area contributed by atoms with Gasteiger partial charge in [0.25, 0.3) is 5.78 Å². The van der Waals surface area contributed by atoms with Crippen LogP contribution >= 0.6 is 11.3 Å². The van der Waals surface area contributed by atoms with Crippen LogP contribution in [0.4, 0.5) is 5.13 Å². The summed E-state index contributed by atoms with van der Waals surface area (Å²) in [5.74, 6) is -1.15. The average Bonchev–Trinajstić information content (AvgIpc) is 3.37. The summed E-state index contributed by atoms with van der Waals surface area (Å²) in [5.41, 5.74) is 1.61. The first-order valence-electron chi connectivity index (χ1n) is 10.1. The number of phenolic OH excluding ortho intramolecular Hbond substituents is 1. The van der Waals surface area contributed by atoms with Crippen molar-refractivity contribution < 1.29 is 24.5 Å². The lowest BCUT2D eigenvalue weighted by Crippen LogP contribution is -2.29. The molecule has 1 aliphatic rings. The first kappa shape index (κ1) is 20.7. The van der Waals surface area contributed by atoms with Gasteiger partial charge in [-0.25, -0.2) is 4.98 Å². The van der Waals surface area contributed by atoms with Gasteiger partial charge in [-0.2, -0.15) is 0 Å². The maximum absolute atomic E-state index is 13.2. The van der Waals surface area contributed by atoms with Crippen LogP contribution in [0.2, 0.25) is 0 Å². The number of phenols is 1. The highest BCUT2D eigenvalue weighted by Crippen LogP contribution is 2.44. The molecule has 0 spiro atoms. The fraction of sp³-hybridized carbons (Fsp3) is 0.0800. The van der Waals surface area contributed by atoms with E-state index in [1.807, 2.05) is 6.07 Å². The topological polar surface area (TPSA) is 100.0 Å². The molecule has 8 heteroatoms. The highest BCUT2D eigenvalue weighted by Gasteiger charge is 2.48. The number of Topliss-reactive ketones (excluding diaryl/α,β-unsaturated/α-hetero) is 1. The molecule has 7 nitrogen and oxygen atoms in total. The minimum absolute atomic E-state index is 0.0336. The van der Waals surface area contributed by atoms with Crippen molar-refractivity contribution >= 4 is 44.1 Å². The van der Waals surface area contributed by atoms with E-state index in [0.29, 0.717) is 27.5 Å². The molecule has 33 heavy (non-hydrogen) atoms. The maximum Gasteiger partial charge on any atom is 0.301 e. The third kappa shape index (κ3) is 3.50. The monoisotopic (exact) mass is 458 g/mol. The molecule has 1 fully saturated rings. The smallest absolute Gasteiger partial charge is 0.301 e. The first-order chi connectivity index (χ1) is 16.0. The quantitative estimate of drug-likeness (QED) is 0.263. The Morgan fingerprint density at radius 1 is 1.03 bits per heavy atom. The number of rotatable bonds is 4. The average molecular weight is 458 g/mol. The van der Waals surface area contributed by atoms with E-state index in [-0.39, 0.29) is 17.1 Å². The first-order valence-corrected chi connectivity index (χ1v) is 10.9. The van der Waals surface area contributed by atoms with Crippen molar-refractivity contribution in [3.63, 3.8) is 0 Å². The molecule has 164 valence electrons. The number of amides is 1. The Kier molecular flexibility index (Phi) is 5.07. The molecule has 1 amide bonds. The molecule has 1 atom stereocenters. The Hall–Kier alpha value is -4.17. The Morgan fingerprint density at radius 2 is 1.76 bits per heavy atom. The van der Waals surface area contributed by atoms with Crippen LogP contribution in [0.15, 0.2) is 78.4 Å². The van der Waals surface area contributed by atoms with E-state index in [4.69, 9.17) is 4.74 Å². The van der Waals surface area contributed by atoms with Crippen LogP contribution in [0.1, 0.15) is 17.2 Å². The second-order valence-electron chi connectivity index (χ2n) is 7.46. The van der Waals surface area contributed by atoms with Crippen LogP contribution in [0.5, 0.6) is 11.5 Å². The molecule has 0 aliphatic carbocycles. The van der Waals surface area contributed by atoms with Crippen molar-refractivity contribution in [1.82, 2.24) is 4.98 Å². The molecule has 5 rings (SSSR count). The molecule has 2 heterocycles. The lowest BCUT2D eigenvalue weighted by atomic mass is 9.95. The number of ketones is 1. The van der Waals surface area contributed by atoms with Crippen molar-refractivity contribution in [3.8, 4) is 11.5 Å².